The number of nitrogens with one attached hydrogen (secondary N) is 1. The molecule has 0 aliphatic carbocycles. The van der Waals surface area contributed by atoms with Crippen LogP contribution in [0.5, 0.6) is 5.75 Å². The quantitative estimate of drug-likeness (QED) is 0.437. The van der Waals surface area contributed by atoms with E-state index in [0.29, 0.717) is 5.69 Å². The number of anilines is 1. The summed E-state index contributed by atoms with van der Waals surface area (Å²) in [5, 5.41) is 0. The van der Waals surface area contributed by atoms with Gasteiger partial charge in [-0.1, -0.05) is 24.3 Å². The zero-order valence-corrected chi connectivity index (χ0v) is 19.7. The number of methoxy groups -OCH3 is 1. The van der Waals surface area contributed by atoms with Crippen LogP contribution in [-0.2, 0) is 21.3 Å². The van der Waals surface area contributed by atoms with Crippen LogP contribution in [0.1, 0.15) is 5.69 Å². The highest BCUT2D eigenvalue weighted by Gasteiger charge is 2.21. The number of hydrogen-bond acceptors (Lipinski definition) is 6. The van der Waals surface area contributed by atoms with Crippen LogP contribution >= 0.6 is 0 Å². The van der Waals surface area contributed by atoms with Crippen molar-refractivity contribution in [2.45, 2.75) is 11.4 Å². The molecule has 0 bridgehead atoms. The van der Waals surface area contributed by atoms with Crippen LogP contribution in [0.15, 0.2) is 78.0 Å². The van der Waals surface area contributed by atoms with E-state index in [0.717, 1.165) is 55.3 Å². The molecule has 0 radical (unpaired) electrons. The Morgan fingerprint density at radius 1 is 1.03 bits per heavy atom. The summed E-state index contributed by atoms with van der Waals surface area (Å²) in [5.41, 5.74) is 4.06. The van der Waals surface area contributed by atoms with Crippen molar-refractivity contribution in [2.24, 2.45) is 0 Å². The van der Waals surface area contributed by atoms with E-state index in [2.05, 4.69) is 19.0 Å². The van der Waals surface area contributed by atoms with E-state index >= 15 is 0 Å². The molecule has 1 saturated heterocycles. The second kappa shape index (κ2) is 9.46. The van der Waals surface area contributed by atoms with Gasteiger partial charge in [0.05, 0.1) is 32.2 Å². The molecule has 0 unspecified atom stereocenters. The topological polar surface area (TPSA) is 85.2 Å². The highest BCUT2D eigenvalue weighted by Crippen LogP contribution is 2.31. The van der Waals surface area contributed by atoms with Crippen molar-refractivity contribution in [1.82, 2.24) is 14.3 Å². The summed E-state index contributed by atoms with van der Waals surface area (Å²) >= 11 is 0. The predicted octanol–water partition coefficient (Wildman–Crippen LogP) is 3.64. The first-order chi connectivity index (χ1) is 16.5. The van der Waals surface area contributed by atoms with Gasteiger partial charge in [-0.2, -0.15) is 0 Å². The van der Waals surface area contributed by atoms with Crippen molar-refractivity contribution < 1.29 is 17.9 Å². The number of hydrogen-bond donors (Lipinski definition) is 1. The number of para-hydroxylation sites is 1. The molecule has 9 heteroatoms. The van der Waals surface area contributed by atoms with Crippen LogP contribution in [0, 0.1) is 0 Å². The average Bonchev–Trinajstić information content (AvgIpc) is 3.26. The van der Waals surface area contributed by atoms with Crippen LogP contribution in [0.4, 0.5) is 5.69 Å². The number of sulfonamides is 1. The molecule has 0 spiro atoms. The number of morpholine rings is 1. The fraction of sp³-hybridized carbons (Fsp3) is 0.240. The minimum Gasteiger partial charge on any atom is -0.495 e. The third kappa shape index (κ3) is 4.63. The van der Waals surface area contributed by atoms with Crippen molar-refractivity contribution in [3.8, 4) is 16.9 Å². The first-order valence-electron chi connectivity index (χ1n) is 11.1. The Kier molecular flexibility index (Phi) is 6.23. The second-order valence-electron chi connectivity index (χ2n) is 8.12. The Bertz CT molecular complexity index is 1400. The number of benzene rings is 2. The van der Waals surface area contributed by atoms with Gasteiger partial charge < -0.3 is 13.9 Å². The minimum absolute atomic E-state index is 0.0793. The largest absolute Gasteiger partial charge is 0.495 e. The molecule has 2 aromatic heterocycles. The zero-order chi connectivity index (χ0) is 23.5. The van der Waals surface area contributed by atoms with Crippen molar-refractivity contribution in [3.63, 3.8) is 0 Å². The summed E-state index contributed by atoms with van der Waals surface area (Å²) in [6, 6.07) is 17.9. The maximum Gasteiger partial charge on any atom is 0.265 e. The lowest BCUT2D eigenvalue weighted by molar-refractivity contribution is 0.0335. The molecule has 3 heterocycles. The first-order valence-corrected chi connectivity index (χ1v) is 12.5. The van der Waals surface area contributed by atoms with Gasteiger partial charge in [0.1, 0.15) is 16.3 Å². The molecule has 176 valence electrons. The number of nitrogens with zero attached hydrogens (tertiary/aromatic N) is 3. The van der Waals surface area contributed by atoms with E-state index in [1.807, 2.05) is 36.7 Å². The number of ether oxygens (including phenoxy) is 2. The molecule has 2 aromatic carbocycles. The predicted molar refractivity (Wildman–Crippen MR) is 131 cm³/mol. The molecular formula is C25H26N4O4S. The van der Waals surface area contributed by atoms with Crippen LogP contribution in [0.25, 0.3) is 16.8 Å². The van der Waals surface area contributed by atoms with Crippen molar-refractivity contribution in [2.75, 3.05) is 38.1 Å². The number of fused-ring (bicyclic) bond motifs is 1. The summed E-state index contributed by atoms with van der Waals surface area (Å²) in [7, 11) is -2.39. The second-order valence-corrected chi connectivity index (χ2v) is 9.77. The third-order valence-electron chi connectivity index (χ3n) is 5.88. The molecule has 5 rings (SSSR count). The molecular weight excluding hydrogens is 452 g/mol. The van der Waals surface area contributed by atoms with E-state index in [1.165, 1.54) is 7.11 Å². The average molecular weight is 479 g/mol. The highest BCUT2D eigenvalue weighted by atomic mass is 32.2. The molecule has 1 N–H and O–H groups in total. The lowest BCUT2D eigenvalue weighted by Crippen LogP contribution is -2.35. The summed E-state index contributed by atoms with van der Waals surface area (Å²) in [5.74, 6) is 0.281. The van der Waals surface area contributed by atoms with E-state index in [-0.39, 0.29) is 10.6 Å². The van der Waals surface area contributed by atoms with Crippen molar-refractivity contribution >= 4 is 21.4 Å². The van der Waals surface area contributed by atoms with E-state index < -0.39 is 10.0 Å². The SMILES string of the molecule is COc1ccc(-c2ccc3ncc(CN4CCOCC4)n3c2)cc1S(=O)(=O)Nc1ccccc1. The molecule has 0 amide bonds. The monoisotopic (exact) mass is 478 g/mol. The molecule has 34 heavy (non-hydrogen) atoms. The highest BCUT2D eigenvalue weighted by molar-refractivity contribution is 7.92. The lowest BCUT2D eigenvalue weighted by Gasteiger charge is -2.26. The molecule has 1 aliphatic heterocycles. The Labute approximate surface area is 198 Å². The Morgan fingerprint density at radius 2 is 1.79 bits per heavy atom. The first kappa shape index (κ1) is 22.4. The third-order valence-corrected chi connectivity index (χ3v) is 7.29. The molecule has 4 aromatic rings. The molecule has 1 fully saturated rings. The van der Waals surface area contributed by atoms with E-state index in [1.54, 1.807) is 36.4 Å². The smallest absolute Gasteiger partial charge is 0.265 e. The standard InChI is InChI=1S/C25H26N4O4S/c1-32-23-9-7-19(15-24(23)34(30,31)27-21-5-3-2-4-6-21)20-8-10-25-26-16-22(29(25)17-20)18-28-11-13-33-14-12-28/h2-10,15-17,27H,11-14,18H2,1H3. The van der Waals surface area contributed by atoms with Crippen LogP contribution in [0.2, 0.25) is 0 Å². The lowest BCUT2D eigenvalue weighted by atomic mass is 10.1. The normalized spacial score (nSPS) is 14.9. The maximum atomic E-state index is 13.2. The molecule has 0 atom stereocenters. The fourth-order valence-electron chi connectivity index (χ4n) is 4.09. The van der Waals surface area contributed by atoms with Crippen LogP contribution < -0.4 is 9.46 Å². The zero-order valence-electron chi connectivity index (χ0n) is 18.8. The minimum atomic E-state index is -3.86. The van der Waals surface area contributed by atoms with Gasteiger partial charge in [0.25, 0.3) is 10.0 Å². The van der Waals surface area contributed by atoms with Gasteiger partial charge >= 0.3 is 0 Å². The van der Waals surface area contributed by atoms with Crippen LogP contribution in [0.3, 0.4) is 0 Å². The van der Waals surface area contributed by atoms with Gasteiger partial charge in [0.2, 0.25) is 0 Å². The van der Waals surface area contributed by atoms with Crippen molar-refractivity contribution in [3.05, 3.63) is 78.8 Å². The number of aromatic nitrogens is 2. The van der Waals surface area contributed by atoms with Gasteiger partial charge in [0.15, 0.2) is 0 Å². The van der Waals surface area contributed by atoms with Gasteiger partial charge in [-0.15, -0.1) is 0 Å². The fourth-order valence-corrected chi connectivity index (χ4v) is 5.34. The molecule has 1 aliphatic rings. The van der Waals surface area contributed by atoms with Crippen LogP contribution in [-0.4, -0.2) is 56.1 Å². The summed E-state index contributed by atoms with van der Waals surface area (Å²) in [4.78, 5) is 6.95. The molecule has 8 nitrogen and oxygen atoms in total. The van der Waals surface area contributed by atoms with Gasteiger partial charge in [-0.25, -0.2) is 13.4 Å². The van der Waals surface area contributed by atoms with E-state index in [9.17, 15) is 8.42 Å². The Balaban J connectivity index is 1.50. The summed E-state index contributed by atoms with van der Waals surface area (Å²) < 4.78 is 41.9. The number of rotatable bonds is 7. The van der Waals surface area contributed by atoms with Gasteiger partial charge in [-0.3, -0.25) is 9.62 Å². The number of imidazole rings is 1. The number of pyridine rings is 1. The van der Waals surface area contributed by atoms with Crippen molar-refractivity contribution in [1.29, 1.82) is 0 Å². The summed E-state index contributed by atoms with van der Waals surface area (Å²) in [6.07, 6.45) is 3.89. The maximum absolute atomic E-state index is 13.2. The van der Waals surface area contributed by atoms with E-state index in [4.69, 9.17) is 9.47 Å². The Hall–Kier alpha value is -3.40. The Morgan fingerprint density at radius 3 is 2.56 bits per heavy atom. The molecule has 0 saturated carbocycles. The van der Waals surface area contributed by atoms with Gasteiger partial charge in [-0.05, 0) is 47.5 Å². The van der Waals surface area contributed by atoms with Gasteiger partial charge in [0, 0.05) is 31.5 Å². The summed E-state index contributed by atoms with van der Waals surface area (Å²) in [6.45, 7) is 4.03.